The first-order valence-corrected chi connectivity index (χ1v) is 8.82. The molecule has 1 aliphatic heterocycles. The van der Waals surface area contributed by atoms with Gasteiger partial charge in [-0.05, 0) is 29.8 Å². The molecule has 4 rings (SSSR count). The summed E-state index contributed by atoms with van der Waals surface area (Å²) in [5.74, 6) is 1.47. The van der Waals surface area contributed by atoms with Crippen LogP contribution in [0.4, 0.5) is 0 Å². The topological polar surface area (TPSA) is 44.5 Å². The number of para-hydroxylation sites is 2. The second-order valence-corrected chi connectivity index (χ2v) is 6.80. The summed E-state index contributed by atoms with van der Waals surface area (Å²) in [6.07, 6.45) is 0. The number of aromatic nitrogens is 2. The van der Waals surface area contributed by atoms with Crippen LogP contribution in [0.25, 0.3) is 11.0 Å². The van der Waals surface area contributed by atoms with E-state index in [9.17, 15) is 5.11 Å². The Kier molecular flexibility index (Phi) is 4.42. The van der Waals surface area contributed by atoms with Gasteiger partial charge in [-0.3, -0.25) is 9.80 Å². The van der Waals surface area contributed by atoms with Crippen LogP contribution in [0.5, 0.6) is 5.75 Å². The summed E-state index contributed by atoms with van der Waals surface area (Å²) >= 11 is 0. The average Bonchev–Trinajstić information content (AvgIpc) is 2.93. The molecule has 1 fully saturated rings. The highest BCUT2D eigenvalue weighted by atomic mass is 16.3. The van der Waals surface area contributed by atoms with Gasteiger partial charge in [-0.2, -0.15) is 0 Å². The van der Waals surface area contributed by atoms with Crippen molar-refractivity contribution in [3.8, 4) is 5.75 Å². The molecule has 1 aromatic heterocycles. The molecule has 25 heavy (non-hydrogen) atoms. The number of phenols is 1. The van der Waals surface area contributed by atoms with Crippen molar-refractivity contribution in [3.05, 3.63) is 59.9 Å². The minimum atomic E-state index is 0.345. The van der Waals surface area contributed by atoms with Gasteiger partial charge in [-0.25, -0.2) is 4.98 Å². The SMILES string of the molecule is Cn1c(CN2CCN(Cc3cccc(O)c3)CC2)nc2ccccc21. The van der Waals surface area contributed by atoms with Crippen LogP contribution in [0, 0.1) is 0 Å². The quantitative estimate of drug-likeness (QED) is 0.795. The lowest BCUT2D eigenvalue weighted by Crippen LogP contribution is -2.45. The molecule has 0 radical (unpaired) electrons. The van der Waals surface area contributed by atoms with Gasteiger partial charge in [0.1, 0.15) is 11.6 Å². The Morgan fingerprint density at radius 1 is 0.920 bits per heavy atom. The largest absolute Gasteiger partial charge is 0.508 e. The first-order chi connectivity index (χ1) is 12.2. The van der Waals surface area contributed by atoms with Crippen molar-refractivity contribution >= 4 is 11.0 Å². The van der Waals surface area contributed by atoms with Crippen LogP contribution in [-0.4, -0.2) is 50.6 Å². The van der Waals surface area contributed by atoms with Crippen LogP contribution >= 0.6 is 0 Å². The lowest BCUT2D eigenvalue weighted by atomic mass is 10.2. The Balaban J connectivity index is 1.36. The van der Waals surface area contributed by atoms with Gasteiger partial charge >= 0.3 is 0 Å². The van der Waals surface area contributed by atoms with E-state index in [0.29, 0.717) is 5.75 Å². The molecule has 130 valence electrons. The minimum absolute atomic E-state index is 0.345. The van der Waals surface area contributed by atoms with E-state index in [4.69, 9.17) is 4.98 Å². The highest BCUT2D eigenvalue weighted by Gasteiger charge is 2.19. The van der Waals surface area contributed by atoms with Gasteiger partial charge in [0.25, 0.3) is 0 Å². The van der Waals surface area contributed by atoms with E-state index in [0.717, 1.165) is 50.6 Å². The van der Waals surface area contributed by atoms with Gasteiger partial charge in [-0.15, -0.1) is 0 Å². The summed E-state index contributed by atoms with van der Waals surface area (Å²) < 4.78 is 2.20. The fourth-order valence-electron chi connectivity index (χ4n) is 3.56. The second kappa shape index (κ2) is 6.86. The highest BCUT2D eigenvalue weighted by molar-refractivity contribution is 5.75. The molecule has 0 atom stereocenters. The van der Waals surface area contributed by atoms with Crippen LogP contribution < -0.4 is 0 Å². The fourth-order valence-corrected chi connectivity index (χ4v) is 3.56. The maximum atomic E-state index is 9.60. The summed E-state index contributed by atoms with van der Waals surface area (Å²) in [6, 6.07) is 15.9. The number of phenolic OH excluding ortho intramolecular Hbond substituents is 1. The molecule has 1 saturated heterocycles. The molecule has 5 nitrogen and oxygen atoms in total. The second-order valence-electron chi connectivity index (χ2n) is 6.80. The van der Waals surface area contributed by atoms with Gasteiger partial charge in [0.05, 0.1) is 17.6 Å². The zero-order valence-electron chi connectivity index (χ0n) is 14.6. The van der Waals surface area contributed by atoms with E-state index in [1.807, 2.05) is 18.2 Å². The molecule has 0 unspecified atom stereocenters. The molecule has 5 heteroatoms. The molecular weight excluding hydrogens is 312 g/mol. The summed E-state index contributed by atoms with van der Waals surface area (Å²) in [7, 11) is 2.10. The number of benzene rings is 2. The number of nitrogens with zero attached hydrogens (tertiary/aromatic N) is 4. The van der Waals surface area contributed by atoms with E-state index < -0.39 is 0 Å². The minimum Gasteiger partial charge on any atom is -0.508 e. The number of imidazole rings is 1. The van der Waals surface area contributed by atoms with Gasteiger partial charge < -0.3 is 9.67 Å². The fraction of sp³-hybridized carbons (Fsp3) is 0.350. The van der Waals surface area contributed by atoms with Crippen LogP contribution in [0.2, 0.25) is 0 Å². The molecule has 0 spiro atoms. The summed E-state index contributed by atoms with van der Waals surface area (Å²) in [5, 5.41) is 9.60. The van der Waals surface area contributed by atoms with Crippen LogP contribution in [0.15, 0.2) is 48.5 Å². The third-order valence-corrected chi connectivity index (χ3v) is 5.03. The van der Waals surface area contributed by atoms with Crippen molar-refractivity contribution in [1.29, 1.82) is 0 Å². The van der Waals surface area contributed by atoms with E-state index in [-0.39, 0.29) is 0 Å². The first kappa shape index (κ1) is 16.1. The van der Waals surface area contributed by atoms with Gasteiger partial charge in [0.2, 0.25) is 0 Å². The Bertz CT molecular complexity index is 865. The van der Waals surface area contributed by atoms with Gasteiger partial charge in [-0.1, -0.05) is 24.3 Å². The van der Waals surface area contributed by atoms with Crippen molar-refractivity contribution in [2.45, 2.75) is 13.1 Å². The summed E-state index contributed by atoms with van der Waals surface area (Å²) in [5.41, 5.74) is 3.44. The smallest absolute Gasteiger partial charge is 0.123 e. The number of hydrogen-bond acceptors (Lipinski definition) is 4. The van der Waals surface area contributed by atoms with Gasteiger partial charge in [0.15, 0.2) is 0 Å². The molecular formula is C20H24N4O. The van der Waals surface area contributed by atoms with E-state index >= 15 is 0 Å². The summed E-state index contributed by atoms with van der Waals surface area (Å²) in [4.78, 5) is 9.70. The predicted molar refractivity (Wildman–Crippen MR) is 99.4 cm³/mol. The van der Waals surface area contributed by atoms with E-state index in [1.165, 1.54) is 11.1 Å². The number of aryl methyl sites for hydroxylation is 1. The van der Waals surface area contributed by atoms with Crippen molar-refractivity contribution < 1.29 is 5.11 Å². The van der Waals surface area contributed by atoms with Crippen LogP contribution in [0.1, 0.15) is 11.4 Å². The molecule has 3 aromatic rings. The zero-order chi connectivity index (χ0) is 17.2. The number of hydrogen-bond donors (Lipinski definition) is 1. The molecule has 0 saturated carbocycles. The molecule has 2 aromatic carbocycles. The Morgan fingerprint density at radius 2 is 1.64 bits per heavy atom. The van der Waals surface area contributed by atoms with Crippen molar-refractivity contribution in [2.75, 3.05) is 26.2 Å². The first-order valence-electron chi connectivity index (χ1n) is 8.82. The lowest BCUT2D eigenvalue weighted by Gasteiger charge is -2.34. The number of rotatable bonds is 4. The zero-order valence-corrected chi connectivity index (χ0v) is 14.6. The monoisotopic (exact) mass is 336 g/mol. The molecule has 1 N–H and O–H groups in total. The van der Waals surface area contributed by atoms with Crippen molar-refractivity contribution in [1.82, 2.24) is 19.4 Å². The van der Waals surface area contributed by atoms with Crippen molar-refractivity contribution in [3.63, 3.8) is 0 Å². The lowest BCUT2D eigenvalue weighted by molar-refractivity contribution is 0.119. The Morgan fingerprint density at radius 3 is 2.36 bits per heavy atom. The van der Waals surface area contributed by atoms with Crippen LogP contribution in [-0.2, 0) is 20.1 Å². The highest BCUT2D eigenvalue weighted by Crippen LogP contribution is 2.17. The molecule has 0 bridgehead atoms. The predicted octanol–water partition coefficient (Wildman–Crippen LogP) is 2.60. The third-order valence-electron chi connectivity index (χ3n) is 5.03. The normalized spacial score (nSPS) is 16.5. The molecule has 1 aliphatic rings. The van der Waals surface area contributed by atoms with Crippen molar-refractivity contribution in [2.24, 2.45) is 7.05 Å². The standard InChI is InChI=1S/C20H24N4O/c1-22-19-8-3-2-7-18(19)21-20(22)15-24-11-9-23(10-12-24)14-16-5-4-6-17(25)13-16/h2-8,13,25H,9-12,14-15H2,1H3. The van der Waals surface area contributed by atoms with E-state index in [1.54, 1.807) is 6.07 Å². The van der Waals surface area contributed by atoms with Crippen LogP contribution in [0.3, 0.4) is 0 Å². The average molecular weight is 336 g/mol. The maximum absolute atomic E-state index is 9.60. The number of piperazine rings is 1. The van der Waals surface area contributed by atoms with Gasteiger partial charge in [0, 0.05) is 39.8 Å². The molecule has 0 aliphatic carbocycles. The Hall–Kier alpha value is -2.37. The number of fused-ring (bicyclic) bond motifs is 1. The maximum Gasteiger partial charge on any atom is 0.123 e. The summed E-state index contributed by atoms with van der Waals surface area (Å²) in [6.45, 7) is 5.96. The molecule has 0 amide bonds. The third kappa shape index (κ3) is 3.52. The van der Waals surface area contributed by atoms with E-state index in [2.05, 4.69) is 45.7 Å². The molecule has 2 heterocycles. The Labute approximate surface area is 148 Å². The number of aromatic hydroxyl groups is 1.